The summed E-state index contributed by atoms with van der Waals surface area (Å²) in [5.74, 6) is 0. The molecule has 0 amide bonds. The molecule has 0 aliphatic carbocycles. The Morgan fingerprint density at radius 2 is 2.05 bits per heavy atom. The molecule has 114 valence electrons. The van der Waals surface area contributed by atoms with E-state index in [-0.39, 0.29) is 11.6 Å². The molecule has 1 aromatic heterocycles. The molecule has 4 heteroatoms. The number of nitrogens with one attached hydrogen (secondary N) is 1. The Labute approximate surface area is 123 Å². The summed E-state index contributed by atoms with van der Waals surface area (Å²) in [5, 5.41) is 3.46. The second kappa shape index (κ2) is 7.60. The summed E-state index contributed by atoms with van der Waals surface area (Å²) in [5.41, 5.74) is 2.35. The first-order valence-electron chi connectivity index (χ1n) is 7.30. The van der Waals surface area contributed by atoms with Crippen LogP contribution >= 0.6 is 0 Å². The first-order valence-corrected chi connectivity index (χ1v) is 7.30. The Bertz CT molecular complexity index is 399. The van der Waals surface area contributed by atoms with Crippen molar-refractivity contribution in [3.8, 4) is 0 Å². The summed E-state index contributed by atoms with van der Waals surface area (Å²) in [6.07, 6.45) is 2.15. The van der Waals surface area contributed by atoms with Crippen LogP contribution in [0.4, 0.5) is 5.69 Å². The minimum Gasteiger partial charge on any atom is -0.377 e. The van der Waals surface area contributed by atoms with Gasteiger partial charge in [0.25, 0.3) is 0 Å². The Morgan fingerprint density at radius 1 is 1.35 bits per heavy atom. The fourth-order valence-electron chi connectivity index (χ4n) is 1.71. The smallest absolute Gasteiger partial charge is 0.0644 e. The highest BCUT2D eigenvalue weighted by Gasteiger charge is 2.09. The molecule has 0 saturated carbocycles. The number of rotatable bonds is 7. The van der Waals surface area contributed by atoms with Crippen LogP contribution in [-0.2, 0) is 11.3 Å². The Kier molecular flexibility index (Phi) is 6.43. The van der Waals surface area contributed by atoms with Crippen molar-refractivity contribution < 1.29 is 4.74 Å². The number of pyridine rings is 1. The van der Waals surface area contributed by atoms with Gasteiger partial charge in [-0.05, 0) is 46.8 Å². The van der Waals surface area contributed by atoms with Crippen molar-refractivity contribution in [2.45, 2.75) is 52.8 Å². The van der Waals surface area contributed by atoms with E-state index in [1.54, 1.807) is 0 Å². The Balaban J connectivity index is 2.54. The van der Waals surface area contributed by atoms with Crippen molar-refractivity contribution in [1.29, 1.82) is 0 Å². The molecule has 1 N–H and O–H groups in total. The molecule has 1 heterocycles. The molecular formula is C16H29N3O. The Hall–Kier alpha value is -1.13. The topological polar surface area (TPSA) is 37.4 Å². The van der Waals surface area contributed by atoms with Crippen LogP contribution in [0.15, 0.2) is 18.3 Å². The predicted octanol–water partition coefficient (Wildman–Crippen LogP) is 2.83. The lowest BCUT2D eigenvalue weighted by Crippen LogP contribution is -2.35. The second-order valence-corrected chi connectivity index (χ2v) is 6.45. The molecule has 0 aromatic carbocycles. The zero-order chi connectivity index (χ0) is 15.2. The van der Waals surface area contributed by atoms with Crippen LogP contribution in [0.3, 0.4) is 0 Å². The largest absolute Gasteiger partial charge is 0.377 e. The zero-order valence-corrected chi connectivity index (χ0v) is 13.7. The lowest BCUT2D eigenvalue weighted by atomic mass is 10.1. The molecule has 0 radical (unpaired) electrons. The van der Waals surface area contributed by atoms with Crippen LogP contribution in [0.2, 0.25) is 0 Å². The van der Waals surface area contributed by atoms with E-state index in [1.165, 1.54) is 5.69 Å². The quantitative estimate of drug-likeness (QED) is 0.833. The molecule has 0 aliphatic heterocycles. The van der Waals surface area contributed by atoms with Gasteiger partial charge < -0.3 is 15.0 Å². The molecule has 0 fully saturated rings. The average Bonchev–Trinajstić information content (AvgIpc) is 2.35. The van der Waals surface area contributed by atoms with E-state index in [1.807, 2.05) is 12.3 Å². The van der Waals surface area contributed by atoms with E-state index in [0.29, 0.717) is 0 Å². The summed E-state index contributed by atoms with van der Waals surface area (Å²) >= 11 is 0. The molecule has 0 atom stereocenters. The third-order valence-corrected chi connectivity index (χ3v) is 2.92. The standard InChI is InChI=1S/C16H29N3O/c1-13(2)20-10-9-19(6)15-7-8-17-14(11-15)12-18-16(3,4)5/h7-8,11,13,18H,9-10,12H2,1-6H3. The summed E-state index contributed by atoms with van der Waals surface area (Å²) in [7, 11) is 2.08. The van der Waals surface area contributed by atoms with Crippen molar-refractivity contribution in [3.63, 3.8) is 0 Å². The van der Waals surface area contributed by atoms with Gasteiger partial charge in [0.2, 0.25) is 0 Å². The molecule has 0 unspecified atom stereocenters. The molecular weight excluding hydrogens is 250 g/mol. The average molecular weight is 279 g/mol. The van der Waals surface area contributed by atoms with Gasteiger partial charge in [0.05, 0.1) is 18.4 Å². The summed E-state index contributed by atoms with van der Waals surface area (Å²) in [6, 6.07) is 4.17. The third kappa shape index (κ3) is 6.87. The van der Waals surface area contributed by atoms with Crippen molar-refractivity contribution in [2.24, 2.45) is 0 Å². The third-order valence-electron chi connectivity index (χ3n) is 2.92. The lowest BCUT2D eigenvalue weighted by molar-refractivity contribution is 0.0846. The second-order valence-electron chi connectivity index (χ2n) is 6.45. The van der Waals surface area contributed by atoms with Crippen molar-refractivity contribution in [3.05, 3.63) is 24.0 Å². The van der Waals surface area contributed by atoms with Crippen LogP contribution in [-0.4, -0.2) is 36.8 Å². The zero-order valence-electron chi connectivity index (χ0n) is 13.7. The number of nitrogens with zero attached hydrogens (tertiary/aromatic N) is 2. The van der Waals surface area contributed by atoms with Gasteiger partial charge in [0.1, 0.15) is 0 Å². The summed E-state index contributed by atoms with van der Waals surface area (Å²) < 4.78 is 5.59. The first-order chi connectivity index (χ1) is 9.28. The van der Waals surface area contributed by atoms with Crippen LogP contribution in [0.5, 0.6) is 0 Å². The monoisotopic (exact) mass is 279 g/mol. The highest BCUT2D eigenvalue weighted by Crippen LogP contribution is 2.13. The minimum atomic E-state index is 0.106. The summed E-state index contributed by atoms with van der Waals surface area (Å²) in [4.78, 5) is 6.61. The van der Waals surface area contributed by atoms with Crippen molar-refractivity contribution >= 4 is 5.69 Å². The molecule has 0 saturated heterocycles. The molecule has 0 bridgehead atoms. The number of likely N-dealkylation sites (N-methyl/N-ethyl adjacent to an activating group) is 1. The molecule has 0 spiro atoms. The molecule has 20 heavy (non-hydrogen) atoms. The van der Waals surface area contributed by atoms with Crippen molar-refractivity contribution in [1.82, 2.24) is 10.3 Å². The fraction of sp³-hybridized carbons (Fsp3) is 0.688. The van der Waals surface area contributed by atoms with E-state index in [2.05, 4.69) is 62.9 Å². The molecule has 1 rings (SSSR count). The van der Waals surface area contributed by atoms with Crippen LogP contribution in [0.1, 0.15) is 40.3 Å². The van der Waals surface area contributed by atoms with Crippen LogP contribution in [0.25, 0.3) is 0 Å². The number of anilines is 1. The van der Waals surface area contributed by atoms with E-state index >= 15 is 0 Å². The van der Waals surface area contributed by atoms with E-state index in [9.17, 15) is 0 Å². The highest BCUT2D eigenvalue weighted by atomic mass is 16.5. The highest BCUT2D eigenvalue weighted by molar-refractivity contribution is 5.45. The van der Waals surface area contributed by atoms with E-state index in [0.717, 1.165) is 25.4 Å². The van der Waals surface area contributed by atoms with Gasteiger partial charge in [-0.1, -0.05) is 0 Å². The van der Waals surface area contributed by atoms with Crippen molar-refractivity contribution in [2.75, 3.05) is 25.1 Å². The summed E-state index contributed by atoms with van der Waals surface area (Å²) in [6.45, 7) is 13.0. The molecule has 1 aromatic rings. The molecule has 0 aliphatic rings. The maximum Gasteiger partial charge on any atom is 0.0644 e. The Morgan fingerprint density at radius 3 is 2.65 bits per heavy atom. The normalized spacial score (nSPS) is 11.9. The van der Waals surface area contributed by atoms with Gasteiger partial charge in [-0.25, -0.2) is 0 Å². The van der Waals surface area contributed by atoms with Crippen LogP contribution < -0.4 is 10.2 Å². The maximum atomic E-state index is 5.59. The SMILES string of the molecule is CC(C)OCCN(C)c1ccnc(CNC(C)(C)C)c1. The number of hydrogen-bond donors (Lipinski definition) is 1. The van der Waals surface area contributed by atoms with Gasteiger partial charge >= 0.3 is 0 Å². The van der Waals surface area contributed by atoms with E-state index < -0.39 is 0 Å². The van der Waals surface area contributed by atoms with Gasteiger partial charge in [-0.2, -0.15) is 0 Å². The van der Waals surface area contributed by atoms with Crippen LogP contribution in [0, 0.1) is 0 Å². The molecule has 4 nitrogen and oxygen atoms in total. The predicted molar refractivity (Wildman–Crippen MR) is 85.2 cm³/mol. The maximum absolute atomic E-state index is 5.59. The van der Waals surface area contributed by atoms with Gasteiger partial charge in [-0.3, -0.25) is 4.98 Å². The number of ether oxygens (including phenoxy) is 1. The number of aromatic nitrogens is 1. The fourth-order valence-corrected chi connectivity index (χ4v) is 1.71. The first kappa shape index (κ1) is 16.9. The van der Waals surface area contributed by atoms with E-state index in [4.69, 9.17) is 4.74 Å². The minimum absolute atomic E-state index is 0.106. The van der Waals surface area contributed by atoms with Gasteiger partial charge in [0.15, 0.2) is 0 Å². The number of hydrogen-bond acceptors (Lipinski definition) is 4. The lowest BCUT2D eigenvalue weighted by Gasteiger charge is -2.22. The van der Waals surface area contributed by atoms with Gasteiger partial charge in [-0.15, -0.1) is 0 Å². The van der Waals surface area contributed by atoms with Gasteiger partial charge in [0, 0.05) is 37.6 Å².